The number of sulfone groups is 1. The maximum atomic E-state index is 12.0. The lowest BCUT2D eigenvalue weighted by Crippen LogP contribution is -2.39. The fraction of sp³-hybridized carbons (Fsp3) is 0.500. The maximum Gasteiger partial charge on any atom is 0.155 e. The number of rotatable bonds is 4. The molecule has 2 rings (SSSR count). The summed E-state index contributed by atoms with van der Waals surface area (Å²) in [5.41, 5.74) is 11.9. The van der Waals surface area contributed by atoms with Crippen molar-refractivity contribution in [2.45, 2.75) is 23.6 Å². The van der Waals surface area contributed by atoms with E-state index in [1.54, 1.807) is 6.92 Å². The van der Waals surface area contributed by atoms with E-state index in [0.29, 0.717) is 0 Å². The minimum atomic E-state index is -3.15. The Kier molecular flexibility index (Phi) is 3.01. The van der Waals surface area contributed by atoms with E-state index in [0.717, 1.165) is 5.56 Å². The van der Waals surface area contributed by atoms with E-state index in [9.17, 15) is 8.42 Å². The summed E-state index contributed by atoms with van der Waals surface area (Å²) in [4.78, 5) is 0. The smallest absolute Gasteiger partial charge is 0.155 e. The molecule has 0 heterocycles. The molecule has 4 N–H and O–H groups in total. The molecule has 5 heteroatoms. The summed E-state index contributed by atoms with van der Waals surface area (Å²) in [6.07, 6.45) is 0. The lowest BCUT2D eigenvalue weighted by molar-refractivity contribution is 0.587. The summed E-state index contributed by atoms with van der Waals surface area (Å²) in [6, 6.07) is 9.50. The molecule has 0 bridgehead atoms. The highest BCUT2D eigenvalue weighted by atomic mass is 32.2. The largest absolute Gasteiger partial charge is 0.329 e. The van der Waals surface area contributed by atoms with Gasteiger partial charge in [0.15, 0.2) is 9.84 Å². The summed E-state index contributed by atoms with van der Waals surface area (Å²) in [5.74, 6) is -0.0569. The molecule has 4 nitrogen and oxygen atoms in total. The van der Waals surface area contributed by atoms with E-state index in [1.807, 2.05) is 30.3 Å². The zero-order valence-electron chi connectivity index (χ0n) is 9.84. The summed E-state index contributed by atoms with van der Waals surface area (Å²) in [7, 11) is -3.15. The molecule has 0 aromatic heterocycles. The average Bonchev–Trinajstić information content (AvgIpc) is 2.99. The lowest BCUT2D eigenvalue weighted by Gasteiger charge is -2.07. The summed E-state index contributed by atoms with van der Waals surface area (Å²) in [5, 5.41) is -0.535. The molecule has 3 atom stereocenters. The van der Waals surface area contributed by atoms with Crippen molar-refractivity contribution in [2.75, 3.05) is 12.3 Å². The van der Waals surface area contributed by atoms with Crippen molar-refractivity contribution < 1.29 is 8.42 Å². The van der Waals surface area contributed by atoms with Crippen molar-refractivity contribution >= 4 is 9.84 Å². The molecule has 17 heavy (non-hydrogen) atoms. The van der Waals surface area contributed by atoms with Gasteiger partial charge in [0.2, 0.25) is 0 Å². The predicted molar refractivity (Wildman–Crippen MR) is 68.4 cm³/mol. The van der Waals surface area contributed by atoms with Gasteiger partial charge in [-0.2, -0.15) is 0 Å². The van der Waals surface area contributed by atoms with E-state index in [4.69, 9.17) is 11.5 Å². The third kappa shape index (κ3) is 1.88. The van der Waals surface area contributed by atoms with Crippen LogP contribution in [0.15, 0.2) is 30.3 Å². The Morgan fingerprint density at radius 3 is 2.35 bits per heavy atom. The number of hydrogen-bond acceptors (Lipinski definition) is 4. The van der Waals surface area contributed by atoms with Crippen LogP contribution < -0.4 is 11.5 Å². The average molecular weight is 254 g/mol. The summed E-state index contributed by atoms with van der Waals surface area (Å²) < 4.78 is 24.0. The van der Waals surface area contributed by atoms with Crippen LogP contribution in [-0.4, -0.2) is 31.5 Å². The molecule has 1 aliphatic carbocycles. The van der Waals surface area contributed by atoms with Crippen molar-refractivity contribution in [1.29, 1.82) is 0 Å². The molecule has 0 radical (unpaired) electrons. The first kappa shape index (κ1) is 12.5. The topological polar surface area (TPSA) is 86.2 Å². The standard InChI is InChI=1S/C12H18N2O2S/c1-2-17(15,16)11-10(12(11,14)8-13)9-6-4-3-5-7-9/h3-7,10-11H,2,8,13-14H2,1H3/t10-,11-,12-/m1/s1. The van der Waals surface area contributed by atoms with Crippen LogP contribution in [0, 0.1) is 0 Å². The van der Waals surface area contributed by atoms with Gasteiger partial charge < -0.3 is 11.5 Å². The third-order valence-corrected chi connectivity index (χ3v) is 5.89. The van der Waals surface area contributed by atoms with E-state index in [1.165, 1.54) is 0 Å². The molecule has 94 valence electrons. The van der Waals surface area contributed by atoms with Crippen LogP contribution in [-0.2, 0) is 9.84 Å². The second-order valence-corrected chi connectivity index (χ2v) is 6.99. The van der Waals surface area contributed by atoms with Crippen LogP contribution in [0.5, 0.6) is 0 Å². The molecule has 0 unspecified atom stereocenters. The molecule has 1 aromatic carbocycles. The van der Waals surface area contributed by atoms with E-state index >= 15 is 0 Å². The van der Waals surface area contributed by atoms with Crippen LogP contribution in [0.3, 0.4) is 0 Å². The molecule has 0 amide bonds. The van der Waals surface area contributed by atoms with Gasteiger partial charge in [0.1, 0.15) is 0 Å². The van der Waals surface area contributed by atoms with Crippen LogP contribution in [0.2, 0.25) is 0 Å². The highest BCUT2D eigenvalue weighted by molar-refractivity contribution is 7.92. The molecule has 1 aliphatic rings. The Labute approximate surface area is 102 Å². The van der Waals surface area contributed by atoms with Gasteiger partial charge in [0.25, 0.3) is 0 Å². The van der Waals surface area contributed by atoms with Gasteiger partial charge in [-0.05, 0) is 5.56 Å². The molecule has 0 spiro atoms. The third-order valence-electron chi connectivity index (χ3n) is 3.60. The highest BCUT2D eigenvalue weighted by Crippen LogP contribution is 2.53. The van der Waals surface area contributed by atoms with Gasteiger partial charge in [0.05, 0.1) is 10.8 Å². The molecular weight excluding hydrogens is 236 g/mol. The number of hydrogen-bond donors (Lipinski definition) is 2. The Morgan fingerprint density at radius 2 is 1.88 bits per heavy atom. The molecule has 0 saturated heterocycles. The molecule has 1 aromatic rings. The lowest BCUT2D eigenvalue weighted by atomic mass is 10.1. The normalized spacial score (nSPS) is 32.4. The molecule has 0 aliphatic heterocycles. The van der Waals surface area contributed by atoms with Crippen molar-refractivity contribution in [3.63, 3.8) is 0 Å². The van der Waals surface area contributed by atoms with Crippen molar-refractivity contribution in [1.82, 2.24) is 0 Å². The Bertz CT molecular complexity index is 500. The van der Waals surface area contributed by atoms with Gasteiger partial charge >= 0.3 is 0 Å². The zero-order chi connectivity index (χ0) is 12.7. The van der Waals surface area contributed by atoms with Gasteiger partial charge in [0, 0.05) is 18.2 Å². The zero-order valence-corrected chi connectivity index (χ0v) is 10.7. The van der Waals surface area contributed by atoms with Gasteiger partial charge in [-0.3, -0.25) is 0 Å². The first-order valence-corrected chi connectivity index (χ1v) is 7.44. The van der Waals surface area contributed by atoms with Crippen LogP contribution >= 0.6 is 0 Å². The van der Waals surface area contributed by atoms with E-state index in [-0.39, 0.29) is 18.2 Å². The molecule has 1 fully saturated rings. The van der Waals surface area contributed by atoms with Gasteiger partial charge in [-0.1, -0.05) is 37.3 Å². The number of nitrogens with two attached hydrogens (primary N) is 2. The second-order valence-electron chi connectivity index (χ2n) is 4.58. The SMILES string of the molecule is CCS(=O)(=O)[C@@H]1[C@@H](c2ccccc2)[C@]1(N)CN. The Balaban J connectivity index is 2.37. The fourth-order valence-corrected chi connectivity index (χ4v) is 4.55. The van der Waals surface area contributed by atoms with E-state index < -0.39 is 20.6 Å². The molecule has 1 saturated carbocycles. The quantitative estimate of drug-likeness (QED) is 0.806. The highest BCUT2D eigenvalue weighted by Gasteiger charge is 2.67. The van der Waals surface area contributed by atoms with E-state index in [2.05, 4.69) is 0 Å². The first-order valence-electron chi connectivity index (χ1n) is 5.73. The fourth-order valence-electron chi connectivity index (χ4n) is 2.53. The van der Waals surface area contributed by atoms with Crippen molar-refractivity contribution in [3.05, 3.63) is 35.9 Å². The van der Waals surface area contributed by atoms with Gasteiger partial charge in [-0.25, -0.2) is 8.42 Å². The van der Waals surface area contributed by atoms with Gasteiger partial charge in [-0.15, -0.1) is 0 Å². The molecular formula is C12H18N2O2S. The summed E-state index contributed by atoms with van der Waals surface area (Å²) >= 11 is 0. The predicted octanol–water partition coefficient (Wildman–Crippen LogP) is 0.243. The first-order chi connectivity index (χ1) is 7.97. The second kappa shape index (κ2) is 4.08. The minimum Gasteiger partial charge on any atom is -0.329 e. The van der Waals surface area contributed by atoms with Crippen molar-refractivity contribution in [2.24, 2.45) is 11.5 Å². The maximum absolute atomic E-state index is 12.0. The Hall–Kier alpha value is -0.910. The van der Waals surface area contributed by atoms with Crippen molar-refractivity contribution in [3.8, 4) is 0 Å². The van der Waals surface area contributed by atoms with Crippen LogP contribution in [0.4, 0.5) is 0 Å². The monoisotopic (exact) mass is 254 g/mol. The van der Waals surface area contributed by atoms with Crippen LogP contribution in [0.25, 0.3) is 0 Å². The number of benzene rings is 1. The Morgan fingerprint density at radius 1 is 1.29 bits per heavy atom. The van der Waals surface area contributed by atoms with Crippen LogP contribution in [0.1, 0.15) is 18.4 Å². The minimum absolute atomic E-state index is 0.111. The summed E-state index contributed by atoms with van der Waals surface area (Å²) in [6.45, 7) is 1.84.